The zero-order chi connectivity index (χ0) is 18.7. The van der Waals surface area contributed by atoms with E-state index in [0.29, 0.717) is 18.3 Å². The molecule has 0 aliphatic heterocycles. The number of fused-ring (bicyclic) bond motifs is 2. The van der Waals surface area contributed by atoms with E-state index in [9.17, 15) is 9.59 Å². The van der Waals surface area contributed by atoms with Gasteiger partial charge in [-0.15, -0.1) is 0 Å². The van der Waals surface area contributed by atoms with Gasteiger partial charge in [-0.05, 0) is 55.2 Å². The van der Waals surface area contributed by atoms with Crippen LogP contribution in [0.15, 0.2) is 24.3 Å². The van der Waals surface area contributed by atoms with Gasteiger partial charge in [-0.3, -0.25) is 4.79 Å². The number of rotatable bonds is 8. The number of aliphatic carboxylic acids is 1. The maximum Gasteiger partial charge on any atom is 0.334 e. The van der Waals surface area contributed by atoms with Gasteiger partial charge in [-0.2, -0.15) is 0 Å². The van der Waals surface area contributed by atoms with Crippen LogP contribution in [0, 0.1) is 17.3 Å². The van der Waals surface area contributed by atoms with Crippen LogP contribution >= 0.6 is 0 Å². The predicted octanol–water partition coefficient (Wildman–Crippen LogP) is 2.26. The lowest BCUT2D eigenvalue weighted by atomic mass is 9.68. The van der Waals surface area contributed by atoms with Crippen LogP contribution in [-0.4, -0.2) is 43.9 Å². The van der Waals surface area contributed by atoms with Crippen LogP contribution in [0.3, 0.4) is 0 Å². The molecule has 26 heavy (non-hydrogen) atoms. The molecule has 0 radical (unpaired) electrons. The Balaban J connectivity index is 1.78. The summed E-state index contributed by atoms with van der Waals surface area (Å²) in [5, 5.41) is 12.0. The Morgan fingerprint density at radius 2 is 2.15 bits per heavy atom. The summed E-state index contributed by atoms with van der Waals surface area (Å²) in [6.07, 6.45) is 3.84. The predicted molar refractivity (Wildman–Crippen MR) is 96.0 cm³/mol. The molecule has 1 aromatic carbocycles. The average Bonchev–Trinajstić information content (AvgIpc) is 3.23. The number of carboxylic acids is 1. The van der Waals surface area contributed by atoms with E-state index in [1.165, 1.54) is 13.5 Å². The first-order valence-electron chi connectivity index (χ1n) is 9.15. The molecule has 1 amide bonds. The highest BCUT2D eigenvalue weighted by Crippen LogP contribution is 2.57. The summed E-state index contributed by atoms with van der Waals surface area (Å²) < 4.78 is 10.2. The van der Waals surface area contributed by atoms with Crippen molar-refractivity contribution >= 4 is 11.9 Å². The van der Waals surface area contributed by atoms with Gasteiger partial charge in [0.05, 0.1) is 19.1 Å². The molecule has 0 saturated heterocycles. The molecule has 2 saturated carbocycles. The summed E-state index contributed by atoms with van der Waals surface area (Å²) >= 11 is 0. The third kappa shape index (κ3) is 3.56. The van der Waals surface area contributed by atoms with Crippen molar-refractivity contribution in [2.45, 2.75) is 38.2 Å². The highest BCUT2D eigenvalue weighted by molar-refractivity contribution is 5.85. The molecule has 6 nitrogen and oxygen atoms in total. The second kappa shape index (κ2) is 7.66. The Hall–Kier alpha value is -2.08. The number of ether oxygens (including phenoxy) is 2. The van der Waals surface area contributed by atoms with Gasteiger partial charge in [0.15, 0.2) is 6.10 Å². The van der Waals surface area contributed by atoms with Crippen molar-refractivity contribution in [2.24, 2.45) is 17.3 Å². The topological polar surface area (TPSA) is 84.9 Å². The molecular weight excluding hydrogens is 334 g/mol. The lowest BCUT2D eigenvalue weighted by Crippen LogP contribution is -2.49. The zero-order valence-electron chi connectivity index (χ0n) is 15.4. The minimum Gasteiger partial charge on any atom is -0.497 e. The van der Waals surface area contributed by atoms with E-state index in [1.54, 1.807) is 7.11 Å². The molecule has 3 rings (SSSR count). The molecule has 4 atom stereocenters. The normalized spacial score (nSPS) is 27.9. The van der Waals surface area contributed by atoms with Gasteiger partial charge in [-0.1, -0.05) is 18.6 Å². The summed E-state index contributed by atoms with van der Waals surface area (Å²) in [5.41, 5.74) is 0.611. The first-order chi connectivity index (χ1) is 12.5. The van der Waals surface area contributed by atoms with Gasteiger partial charge in [0.2, 0.25) is 5.91 Å². The fourth-order valence-electron chi connectivity index (χ4n) is 4.80. The van der Waals surface area contributed by atoms with Gasteiger partial charge < -0.3 is 19.9 Å². The van der Waals surface area contributed by atoms with Crippen LogP contribution in [-0.2, 0) is 20.7 Å². The van der Waals surface area contributed by atoms with Crippen LogP contribution in [0.2, 0.25) is 0 Å². The third-order valence-electron chi connectivity index (χ3n) is 6.09. The molecular formula is C20H27NO5. The third-order valence-corrected chi connectivity index (χ3v) is 6.09. The van der Waals surface area contributed by atoms with Crippen molar-refractivity contribution in [3.63, 3.8) is 0 Å². The van der Waals surface area contributed by atoms with Crippen LogP contribution in [0.4, 0.5) is 0 Å². The average molecular weight is 361 g/mol. The molecule has 4 unspecified atom stereocenters. The van der Waals surface area contributed by atoms with Crippen molar-refractivity contribution in [3.8, 4) is 5.75 Å². The Kier molecular flexibility index (Phi) is 5.51. The van der Waals surface area contributed by atoms with E-state index < -0.39 is 17.5 Å². The highest BCUT2D eigenvalue weighted by Gasteiger charge is 2.55. The van der Waals surface area contributed by atoms with Crippen molar-refractivity contribution in [1.82, 2.24) is 5.32 Å². The number of carbonyl (C=O) groups is 2. The standard InChI is InChI=1S/C20H27NO5/c1-25-16-5-3-4-13(9-16)10-20(11-14-6-7-15(20)8-14)19(24)21-12-17(26-2)18(22)23/h3-5,9,14-15,17H,6-8,10-12H2,1-2H3,(H,21,24)(H,22,23). The largest absolute Gasteiger partial charge is 0.497 e. The fourth-order valence-corrected chi connectivity index (χ4v) is 4.80. The quantitative estimate of drug-likeness (QED) is 0.742. The van der Waals surface area contributed by atoms with Crippen molar-refractivity contribution < 1.29 is 24.2 Å². The van der Waals surface area contributed by atoms with E-state index in [0.717, 1.165) is 30.6 Å². The summed E-state index contributed by atoms with van der Waals surface area (Å²) in [7, 11) is 2.98. The lowest BCUT2D eigenvalue weighted by molar-refractivity contribution is -0.148. The molecule has 6 heteroatoms. The second-order valence-corrected chi connectivity index (χ2v) is 7.54. The summed E-state index contributed by atoms with van der Waals surface area (Å²) in [4.78, 5) is 24.3. The molecule has 142 valence electrons. The van der Waals surface area contributed by atoms with Gasteiger partial charge in [0, 0.05) is 7.11 Å². The lowest BCUT2D eigenvalue weighted by Gasteiger charge is -2.37. The number of hydrogen-bond donors (Lipinski definition) is 2. The second-order valence-electron chi connectivity index (χ2n) is 7.54. The molecule has 2 aliphatic rings. The molecule has 2 bridgehead atoms. The molecule has 0 aromatic heterocycles. The number of carboxylic acid groups (broad SMARTS) is 1. The van der Waals surface area contributed by atoms with E-state index in [-0.39, 0.29) is 12.5 Å². The molecule has 1 aromatic rings. The maximum atomic E-state index is 13.2. The summed E-state index contributed by atoms with van der Waals surface area (Å²) in [6, 6.07) is 7.85. The van der Waals surface area contributed by atoms with Crippen molar-refractivity contribution in [1.29, 1.82) is 0 Å². The Morgan fingerprint density at radius 1 is 1.35 bits per heavy atom. The first-order valence-corrected chi connectivity index (χ1v) is 9.15. The van der Waals surface area contributed by atoms with Crippen molar-refractivity contribution in [2.75, 3.05) is 20.8 Å². The van der Waals surface area contributed by atoms with Crippen LogP contribution in [0.1, 0.15) is 31.2 Å². The summed E-state index contributed by atoms with van der Waals surface area (Å²) in [6.45, 7) is -0.0120. The van der Waals surface area contributed by atoms with Gasteiger partial charge in [0.25, 0.3) is 0 Å². The first kappa shape index (κ1) is 18.7. The number of amides is 1. The molecule has 2 aliphatic carbocycles. The Labute approximate surface area is 153 Å². The van der Waals surface area contributed by atoms with E-state index >= 15 is 0 Å². The SMILES string of the molecule is COc1cccc(CC2(C(=O)NCC(OC)C(=O)O)CC3CCC2C3)c1. The van der Waals surface area contributed by atoms with Gasteiger partial charge in [-0.25, -0.2) is 4.79 Å². The van der Waals surface area contributed by atoms with E-state index in [1.807, 2.05) is 24.3 Å². The van der Waals surface area contributed by atoms with Crippen molar-refractivity contribution in [3.05, 3.63) is 29.8 Å². The zero-order valence-corrected chi connectivity index (χ0v) is 15.4. The molecule has 0 spiro atoms. The van der Waals surface area contributed by atoms with Gasteiger partial charge >= 0.3 is 5.97 Å². The number of nitrogens with one attached hydrogen (secondary N) is 1. The maximum absolute atomic E-state index is 13.2. The summed E-state index contributed by atoms with van der Waals surface area (Å²) in [5.74, 6) is 0.614. The minimum atomic E-state index is -1.07. The van der Waals surface area contributed by atoms with Crippen LogP contribution < -0.4 is 10.1 Å². The van der Waals surface area contributed by atoms with Crippen LogP contribution in [0.25, 0.3) is 0 Å². The fraction of sp³-hybridized carbons (Fsp3) is 0.600. The number of methoxy groups -OCH3 is 2. The minimum absolute atomic E-state index is 0.0120. The van der Waals surface area contributed by atoms with E-state index in [4.69, 9.17) is 14.6 Å². The molecule has 2 N–H and O–H groups in total. The van der Waals surface area contributed by atoms with Crippen LogP contribution in [0.5, 0.6) is 5.75 Å². The smallest absolute Gasteiger partial charge is 0.334 e. The highest BCUT2D eigenvalue weighted by atomic mass is 16.5. The Bertz CT molecular complexity index is 676. The number of hydrogen-bond acceptors (Lipinski definition) is 4. The monoisotopic (exact) mass is 361 g/mol. The number of carbonyl (C=O) groups excluding carboxylic acids is 1. The van der Waals surface area contributed by atoms with Gasteiger partial charge in [0.1, 0.15) is 5.75 Å². The molecule has 2 fully saturated rings. The Morgan fingerprint density at radius 3 is 2.73 bits per heavy atom. The van der Waals surface area contributed by atoms with E-state index in [2.05, 4.69) is 5.32 Å². The molecule has 0 heterocycles. The number of benzene rings is 1.